The minimum absolute atomic E-state index is 0.217. The van der Waals surface area contributed by atoms with Gasteiger partial charge in [-0.2, -0.15) is 0 Å². The molecule has 0 spiro atoms. The Bertz CT molecular complexity index is 355. The zero-order valence-electron chi connectivity index (χ0n) is 10.5. The molecule has 0 radical (unpaired) electrons. The molecule has 1 aromatic carbocycles. The molecule has 0 amide bonds. The number of hydrogen-bond acceptors (Lipinski definition) is 2. The zero-order valence-corrected chi connectivity index (χ0v) is 13.6. The summed E-state index contributed by atoms with van der Waals surface area (Å²) in [4.78, 5) is 0. The van der Waals surface area contributed by atoms with E-state index in [0.29, 0.717) is 6.61 Å². The van der Waals surface area contributed by atoms with Gasteiger partial charge in [0.05, 0.1) is 18.8 Å². The van der Waals surface area contributed by atoms with Gasteiger partial charge in [-0.25, -0.2) is 0 Å². The van der Waals surface area contributed by atoms with Gasteiger partial charge in [0.2, 0.25) is 0 Å². The summed E-state index contributed by atoms with van der Waals surface area (Å²) in [7, 11) is 0. The number of ether oxygens (including phenoxy) is 1. The van der Waals surface area contributed by atoms with Crippen molar-refractivity contribution in [3.8, 4) is 0 Å². The van der Waals surface area contributed by atoms with Crippen LogP contribution in [0.4, 0.5) is 0 Å². The highest BCUT2D eigenvalue weighted by atomic mass is 79.9. The molecule has 0 heterocycles. The van der Waals surface area contributed by atoms with Gasteiger partial charge in [-0.15, -0.1) is 0 Å². The van der Waals surface area contributed by atoms with E-state index >= 15 is 0 Å². The first kappa shape index (κ1) is 15.2. The minimum Gasteiger partial charge on any atom is -0.377 e. The highest BCUT2D eigenvalue weighted by Crippen LogP contribution is 2.27. The van der Waals surface area contributed by atoms with Crippen molar-refractivity contribution >= 4 is 31.9 Å². The van der Waals surface area contributed by atoms with Crippen LogP contribution in [0.25, 0.3) is 0 Å². The molecule has 96 valence electrons. The quantitative estimate of drug-likeness (QED) is 0.812. The Morgan fingerprint density at radius 2 is 2.00 bits per heavy atom. The maximum absolute atomic E-state index is 5.71. The molecular weight excluding hydrogens is 346 g/mol. The van der Waals surface area contributed by atoms with Crippen LogP contribution in [0.15, 0.2) is 27.1 Å². The fourth-order valence-corrected chi connectivity index (χ4v) is 2.48. The molecule has 0 fully saturated rings. The molecule has 2 nitrogen and oxygen atoms in total. The fraction of sp³-hybridized carbons (Fsp3) is 0.538. The lowest BCUT2D eigenvalue weighted by Gasteiger charge is -2.21. The summed E-state index contributed by atoms with van der Waals surface area (Å²) in [5.41, 5.74) is 1.22. The van der Waals surface area contributed by atoms with Crippen molar-refractivity contribution in [1.29, 1.82) is 0 Å². The van der Waals surface area contributed by atoms with Crippen molar-refractivity contribution in [2.75, 3.05) is 13.2 Å². The second kappa shape index (κ2) is 7.52. The van der Waals surface area contributed by atoms with Gasteiger partial charge in [-0.1, -0.05) is 38.8 Å². The summed E-state index contributed by atoms with van der Waals surface area (Å²) in [6, 6.07) is 6.43. The van der Waals surface area contributed by atoms with Crippen molar-refractivity contribution in [3.05, 3.63) is 32.7 Å². The van der Waals surface area contributed by atoms with Crippen LogP contribution >= 0.6 is 31.9 Å². The smallest absolute Gasteiger partial charge is 0.0665 e. The fourth-order valence-electron chi connectivity index (χ4n) is 1.58. The van der Waals surface area contributed by atoms with Crippen LogP contribution in [0.2, 0.25) is 0 Å². The number of hydrogen-bond donors (Lipinski definition) is 1. The van der Waals surface area contributed by atoms with E-state index in [1.54, 1.807) is 0 Å². The van der Waals surface area contributed by atoms with Crippen molar-refractivity contribution in [3.63, 3.8) is 0 Å². The minimum atomic E-state index is 0.217. The van der Waals surface area contributed by atoms with Crippen LogP contribution < -0.4 is 5.32 Å². The Balaban J connectivity index is 2.84. The van der Waals surface area contributed by atoms with Crippen molar-refractivity contribution in [2.45, 2.75) is 32.9 Å². The van der Waals surface area contributed by atoms with Crippen LogP contribution in [-0.2, 0) is 4.74 Å². The van der Waals surface area contributed by atoms with E-state index in [0.717, 1.165) is 15.5 Å². The van der Waals surface area contributed by atoms with E-state index in [1.807, 2.05) is 6.07 Å². The maximum atomic E-state index is 5.71. The van der Waals surface area contributed by atoms with Crippen LogP contribution in [0, 0.1) is 0 Å². The number of nitrogens with one attached hydrogen (secondary N) is 1. The van der Waals surface area contributed by atoms with E-state index in [-0.39, 0.29) is 12.1 Å². The predicted octanol–water partition coefficient (Wildman–Crippen LogP) is 4.29. The molecule has 1 unspecified atom stereocenters. The van der Waals surface area contributed by atoms with Crippen LogP contribution in [0.3, 0.4) is 0 Å². The van der Waals surface area contributed by atoms with Gasteiger partial charge in [0.25, 0.3) is 0 Å². The Labute approximate surface area is 120 Å². The third kappa shape index (κ3) is 5.08. The van der Waals surface area contributed by atoms with Crippen molar-refractivity contribution < 1.29 is 4.74 Å². The van der Waals surface area contributed by atoms with Crippen LogP contribution in [0.5, 0.6) is 0 Å². The van der Waals surface area contributed by atoms with E-state index in [9.17, 15) is 0 Å². The first-order chi connectivity index (χ1) is 8.04. The number of likely N-dealkylation sites (N-methyl/N-ethyl adjacent to an activating group) is 1. The molecule has 1 aromatic rings. The molecule has 0 bridgehead atoms. The van der Waals surface area contributed by atoms with Crippen molar-refractivity contribution in [2.24, 2.45) is 0 Å². The van der Waals surface area contributed by atoms with Crippen molar-refractivity contribution in [1.82, 2.24) is 5.32 Å². The standard InChI is InChI=1S/C13H19Br2NO/c1-4-16-13(8-17-9(2)3)11-7-10(14)5-6-12(11)15/h5-7,9,13,16H,4,8H2,1-3H3. The second-order valence-corrected chi connectivity index (χ2v) is 5.93. The second-order valence-electron chi connectivity index (χ2n) is 4.16. The summed E-state index contributed by atoms with van der Waals surface area (Å²) in [6.45, 7) is 7.82. The summed E-state index contributed by atoms with van der Waals surface area (Å²) in [5, 5.41) is 3.45. The summed E-state index contributed by atoms with van der Waals surface area (Å²) < 4.78 is 7.90. The molecule has 4 heteroatoms. The highest BCUT2D eigenvalue weighted by molar-refractivity contribution is 9.11. The van der Waals surface area contributed by atoms with E-state index in [2.05, 4.69) is 70.1 Å². The average Bonchev–Trinajstić information content (AvgIpc) is 2.27. The lowest BCUT2D eigenvalue weighted by Crippen LogP contribution is -2.27. The highest BCUT2D eigenvalue weighted by Gasteiger charge is 2.14. The van der Waals surface area contributed by atoms with E-state index < -0.39 is 0 Å². The van der Waals surface area contributed by atoms with Gasteiger partial charge >= 0.3 is 0 Å². The monoisotopic (exact) mass is 363 g/mol. The molecule has 0 aliphatic rings. The molecule has 0 saturated carbocycles. The largest absolute Gasteiger partial charge is 0.377 e. The lowest BCUT2D eigenvalue weighted by atomic mass is 10.1. The Morgan fingerprint density at radius 3 is 2.59 bits per heavy atom. The van der Waals surface area contributed by atoms with E-state index in [1.165, 1.54) is 5.56 Å². The molecule has 0 aliphatic carbocycles. The molecule has 17 heavy (non-hydrogen) atoms. The Kier molecular flexibility index (Phi) is 6.70. The molecular formula is C13H19Br2NO. The van der Waals surface area contributed by atoms with Gasteiger partial charge in [-0.3, -0.25) is 0 Å². The Hall–Kier alpha value is 0.1000. The normalized spacial score (nSPS) is 13.1. The van der Waals surface area contributed by atoms with Gasteiger partial charge < -0.3 is 10.1 Å². The molecule has 1 N–H and O–H groups in total. The van der Waals surface area contributed by atoms with Gasteiger partial charge in [0.15, 0.2) is 0 Å². The molecule has 0 saturated heterocycles. The first-order valence-electron chi connectivity index (χ1n) is 5.84. The van der Waals surface area contributed by atoms with Gasteiger partial charge in [-0.05, 0) is 44.2 Å². The SMILES string of the molecule is CCNC(COC(C)C)c1cc(Br)ccc1Br. The molecule has 0 aromatic heterocycles. The first-order valence-corrected chi connectivity index (χ1v) is 7.43. The Morgan fingerprint density at radius 1 is 1.29 bits per heavy atom. The van der Waals surface area contributed by atoms with E-state index in [4.69, 9.17) is 4.74 Å². The number of halogens is 2. The summed E-state index contributed by atoms with van der Waals surface area (Å²) >= 11 is 7.10. The number of benzene rings is 1. The number of rotatable bonds is 6. The third-order valence-corrected chi connectivity index (χ3v) is 3.60. The van der Waals surface area contributed by atoms with Crippen LogP contribution in [-0.4, -0.2) is 19.3 Å². The predicted molar refractivity (Wildman–Crippen MR) is 79.3 cm³/mol. The molecule has 0 aliphatic heterocycles. The van der Waals surface area contributed by atoms with Crippen LogP contribution in [0.1, 0.15) is 32.4 Å². The topological polar surface area (TPSA) is 21.3 Å². The lowest BCUT2D eigenvalue weighted by molar-refractivity contribution is 0.0613. The zero-order chi connectivity index (χ0) is 12.8. The third-order valence-electron chi connectivity index (χ3n) is 2.38. The maximum Gasteiger partial charge on any atom is 0.0665 e. The van der Waals surface area contributed by atoms with Gasteiger partial charge in [0, 0.05) is 8.95 Å². The summed E-state index contributed by atoms with van der Waals surface area (Å²) in [6.07, 6.45) is 0.252. The summed E-state index contributed by atoms with van der Waals surface area (Å²) in [5.74, 6) is 0. The molecule has 1 atom stereocenters. The van der Waals surface area contributed by atoms with Gasteiger partial charge in [0.1, 0.15) is 0 Å². The molecule has 1 rings (SSSR count). The average molecular weight is 365 g/mol.